The number of aromatic nitrogens is 5. The summed E-state index contributed by atoms with van der Waals surface area (Å²) in [4.78, 5) is 18.7. The molecule has 9 heteroatoms. The molecule has 0 fully saturated rings. The number of hydrogen-bond acceptors (Lipinski definition) is 6. The zero-order chi connectivity index (χ0) is 37.3. The van der Waals surface area contributed by atoms with E-state index in [1.54, 1.807) is 12.4 Å². The van der Waals surface area contributed by atoms with Gasteiger partial charge in [-0.1, -0.05) is 112 Å². The summed E-state index contributed by atoms with van der Waals surface area (Å²) in [5, 5.41) is 1.91. The summed E-state index contributed by atoms with van der Waals surface area (Å²) < 4.78 is 15.2. The number of fused-ring (bicyclic) bond motifs is 3. The fourth-order valence-electron chi connectivity index (χ4n) is 6.50. The van der Waals surface area contributed by atoms with Crippen molar-refractivity contribution < 1.29 is 51.0 Å². The maximum Gasteiger partial charge on any atom is 2.00 e. The van der Waals surface area contributed by atoms with E-state index in [0.29, 0.717) is 28.9 Å². The first-order chi connectivity index (χ1) is 26.2. The van der Waals surface area contributed by atoms with Crippen molar-refractivity contribution in [3.63, 3.8) is 0 Å². The molecule has 4 aromatic carbocycles. The Kier molecular flexibility index (Phi) is 12.7. The molecule has 0 aliphatic rings. The number of ether oxygens (including phenoxy) is 2. The van der Waals surface area contributed by atoms with Crippen LogP contribution in [-0.4, -0.2) is 24.5 Å². The second-order valence-electron chi connectivity index (χ2n) is 14.2. The minimum absolute atomic E-state index is 0. The quantitative estimate of drug-likeness (QED) is 0.100. The first kappa shape index (κ1) is 40.7. The summed E-state index contributed by atoms with van der Waals surface area (Å²) in [5.74, 6) is 3.57. The van der Waals surface area contributed by atoms with Gasteiger partial charge in [0.05, 0.1) is 0 Å². The third-order valence-corrected chi connectivity index (χ3v) is 9.49. The Balaban J connectivity index is 0.00000266. The number of nitrogens with zero attached hydrogens (tertiary/aromatic N) is 5. The molecule has 284 valence electrons. The minimum atomic E-state index is 0. The summed E-state index contributed by atoms with van der Waals surface area (Å²) in [6.45, 7) is 12.8. The molecule has 0 aliphatic carbocycles. The normalized spacial score (nSPS) is 11.2. The van der Waals surface area contributed by atoms with Crippen LogP contribution < -0.4 is 9.47 Å². The van der Waals surface area contributed by atoms with Crippen LogP contribution in [0.2, 0.25) is 0 Å². The standard InChI is InChI=1S/C47H39N5O2.Pd.Pt/c1-29(2)34-27-50-47(51-28-34)52-43-25-35(53-45-23-32(13-17-37(45)30(3)4)41-11-7-9-21-48-41)15-19-39(43)40-20-16-36(26-44(40)52)54-46-24-33(14-18-38(46)31(5)6)42-12-8-10-22-49-42;;/h7-22,27-31H,1-6H3;;/q-4;2*+2. The largest absolute Gasteiger partial charge is 2.00 e. The Hall–Kier alpha value is -4.99. The summed E-state index contributed by atoms with van der Waals surface area (Å²) in [7, 11) is 0. The molecule has 56 heavy (non-hydrogen) atoms. The fourth-order valence-corrected chi connectivity index (χ4v) is 6.50. The number of pyridine rings is 2. The summed E-state index contributed by atoms with van der Waals surface area (Å²) in [5.41, 5.74) is 8.01. The molecule has 7 nitrogen and oxygen atoms in total. The monoisotopic (exact) mass is 1010 g/mol. The Morgan fingerprint density at radius 1 is 0.518 bits per heavy atom. The van der Waals surface area contributed by atoms with Crippen molar-refractivity contribution in [3.8, 4) is 51.5 Å². The molecule has 8 rings (SSSR count). The third-order valence-electron chi connectivity index (χ3n) is 9.49. The average Bonchev–Trinajstić information content (AvgIpc) is 3.51. The molecule has 8 aromatic rings. The van der Waals surface area contributed by atoms with Crippen molar-refractivity contribution in [1.82, 2.24) is 24.5 Å². The van der Waals surface area contributed by atoms with E-state index >= 15 is 0 Å². The van der Waals surface area contributed by atoms with Gasteiger partial charge in [-0.15, -0.1) is 59.7 Å². The van der Waals surface area contributed by atoms with Crippen molar-refractivity contribution in [2.24, 2.45) is 0 Å². The van der Waals surface area contributed by atoms with Gasteiger partial charge in [0.25, 0.3) is 0 Å². The molecular weight excluding hydrogens is 968 g/mol. The molecule has 0 bridgehead atoms. The number of hydrogen-bond donors (Lipinski definition) is 0. The van der Waals surface area contributed by atoms with Crippen LogP contribution in [0.5, 0.6) is 23.0 Å². The smallest absolute Gasteiger partial charge is 0.503 e. The van der Waals surface area contributed by atoms with Crippen LogP contribution in [-0.2, 0) is 41.5 Å². The summed E-state index contributed by atoms with van der Waals surface area (Å²) >= 11 is 0. The number of benzene rings is 4. The minimum Gasteiger partial charge on any atom is -0.503 e. The van der Waals surface area contributed by atoms with Crippen LogP contribution in [0.15, 0.2) is 110 Å². The zero-order valence-corrected chi connectivity index (χ0v) is 35.6. The molecule has 0 amide bonds. The van der Waals surface area contributed by atoms with Gasteiger partial charge in [-0.25, -0.2) is 9.97 Å². The molecule has 4 heterocycles. The molecule has 0 atom stereocenters. The first-order valence-corrected chi connectivity index (χ1v) is 18.3. The first-order valence-electron chi connectivity index (χ1n) is 18.3. The van der Waals surface area contributed by atoms with Crippen LogP contribution in [0, 0.1) is 24.3 Å². The van der Waals surface area contributed by atoms with Crippen LogP contribution in [0.3, 0.4) is 0 Å². The fraction of sp³-hybridized carbons (Fsp3) is 0.191. The van der Waals surface area contributed by atoms with Gasteiger partial charge in [0, 0.05) is 47.8 Å². The van der Waals surface area contributed by atoms with Gasteiger partial charge in [0.1, 0.15) is 0 Å². The van der Waals surface area contributed by atoms with Gasteiger partial charge in [0.2, 0.25) is 5.95 Å². The maximum absolute atomic E-state index is 6.63. The Morgan fingerprint density at radius 2 is 0.982 bits per heavy atom. The second kappa shape index (κ2) is 17.4. The van der Waals surface area contributed by atoms with Gasteiger partial charge in [-0.05, 0) is 35.0 Å². The van der Waals surface area contributed by atoms with Crippen molar-refractivity contribution in [2.45, 2.75) is 59.3 Å². The van der Waals surface area contributed by atoms with E-state index in [-0.39, 0.29) is 59.2 Å². The summed E-state index contributed by atoms with van der Waals surface area (Å²) in [6.07, 6.45) is 7.33. The van der Waals surface area contributed by atoms with Crippen molar-refractivity contribution >= 4 is 21.8 Å². The van der Waals surface area contributed by atoms with Gasteiger partial charge in [0.15, 0.2) is 0 Å². The Labute approximate surface area is 356 Å². The molecule has 0 saturated heterocycles. The van der Waals surface area contributed by atoms with Crippen LogP contribution in [0.4, 0.5) is 0 Å². The van der Waals surface area contributed by atoms with Crippen LogP contribution in [0.1, 0.15) is 76.0 Å². The average molecular weight is 1010 g/mol. The Morgan fingerprint density at radius 3 is 1.38 bits per heavy atom. The molecular formula is C47H39N5O2PdPt. The van der Waals surface area contributed by atoms with E-state index < -0.39 is 0 Å². The van der Waals surface area contributed by atoms with E-state index in [9.17, 15) is 0 Å². The summed E-state index contributed by atoms with van der Waals surface area (Å²) in [6, 6.07) is 42.0. The molecule has 0 aliphatic heterocycles. The van der Waals surface area contributed by atoms with Crippen molar-refractivity contribution in [2.75, 3.05) is 0 Å². The molecule has 4 aromatic heterocycles. The topological polar surface area (TPSA) is 75.0 Å². The molecule has 0 spiro atoms. The number of rotatable bonds is 10. The molecule has 0 unspecified atom stereocenters. The van der Waals surface area contributed by atoms with E-state index in [0.717, 1.165) is 61.0 Å². The molecule has 0 N–H and O–H groups in total. The van der Waals surface area contributed by atoms with Gasteiger partial charge < -0.3 is 24.0 Å². The molecule has 0 radical (unpaired) electrons. The molecule has 0 saturated carbocycles. The predicted molar refractivity (Wildman–Crippen MR) is 213 cm³/mol. The van der Waals surface area contributed by atoms with Crippen molar-refractivity contribution in [3.05, 3.63) is 151 Å². The van der Waals surface area contributed by atoms with Crippen LogP contribution in [0.25, 0.3) is 50.3 Å². The predicted octanol–water partition coefficient (Wildman–Crippen LogP) is 11.8. The van der Waals surface area contributed by atoms with E-state index in [1.807, 2.05) is 77.6 Å². The van der Waals surface area contributed by atoms with Crippen molar-refractivity contribution in [1.29, 1.82) is 0 Å². The zero-order valence-electron chi connectivity index (χ0n) is 31.8. The Bertz CT molecular complexity index is 2440. The van der Waals surface area contributed by atoms with Gasteiger partial charge in [-0.3, -0.25) is 0 Å². The van der Waals surface area contributed by atoms with E-state index in [4.69, 9.17) is 19.4 Å². The van der Waals surface area contributed by atoms with E-state index in [1.165, 1.54) is 0 Å². The third kappa shape index (κ3) is 8.25. The van der Waals surface area contributed by atoms with Gasteiger partial charge in [-0.2, -0.15) is 22.9 Å². The maximum atomic E-state index is 6.63. The second-order valence-corrected chi connectivity index (χ2v) is 14.2. The van der Waals surface area contributed by atoms with Gasteiger partial charge >= 0.3 is 41.5 Å². The SMILES string of the molecule is CC(C)c1cnc(-n2c3[c-]c(Oc4[c-]c(-c5ccccn5)ccc4C(C)C)ccc3c3ccc(Oc4[c-]c(-c5ccccn5)ccc4C(C)C)[c-]c32)nc1.[Pd+2].[Pt+2]. The van der Waals surface area contributed by atoms with E-state index in [2.05, 4.69) is 100 Å². The van der Waals surface area contributed by atoms with Crippen LogP contribution >= 0.6 is 0 Å².